The van der Waals surface area contributed by atoms with Gasteiger partial charge >= 0.3 is 6.01 Å². The van der Waals surface area contributed by atoms with Gasteiger partial charge in [0.2, 0.25) is 0 Å². The summed E-state index contributed by atoms with van der Waals surface area (Å²) in [5.74, 6) is 0.634. The zero-order valence-electron chi connectivity index (χ0n) is 14.5. The summed E-state index contributed by atoms with van der Waals surface area (Å²) >= 11 is 0. The normalized spacial score (nSPS) is 18.5. The Hall–Kier alpha value is -2.47. The number of fused-ring (bicyclic) bond motifs is 1. The highest BCUT2D eigenvalue weighted by atomic mass is 16.5. The Kier molecular flexibility index (Phi) is 4.61. The molecule has 0 spiro atoms. The minimum atomic E-state index is 0.441. The van der Waals surface area contributed by atoms with Crippen molar-refractivity contribution in [1.82, 2.24) is 24.4 Å². The second kappa shape index (κ2) is 7.19. The Morgan fingerprint density at radius 3 is 3.04 bits per heavy atom. The zero-order valence-corrected chi connectivity index (χ0v) is 14.5. The van der Waals surface area contributed by atoms with Crippen LogP contribution in [0.5, 0.6) is 6.01 Å². The summed E-state index contributed by atoms with van der Waals surface area (Å²) in [7, 11) is 1.60. The SMILES string of the molecule is COc1nccc(CN2CCCC(Cn3cnc4ccccc43)C2)n1. The van der Waals surface area contributed by atoms with Gasteiger partial charge in [0.1, 0.15) is 0 Å². The Morgan fingerprint density at radius 2 is 2.12 bits per heavy atom. The molecule has 1 atom stereocenters. The Bertz CT molecular complexity index is 846. The van der Waals surface area contributed by atoms with Gasteiger partial charge in [0.15, 0.2) is 0 Å². The van der Waals surface area contributed by atoms with Crippen LogP contribution in [0, 0.1) is 5.92 Å². The molecule has 6 heteroatoms. The third-order valence-electron chi connectivity index (χ3n) is 4.84. The van der Waals surface area contributed by atoms with E-state index in [0.29, 0.717) is 11.9 Å². The molecule has 2 aromatic heterocycles. The van der Waals surface area contributed by atoms with Gasteiger partial charge < -0.3 is 9.30 Å². The topological polar surface area (TPSA) is 56.1 Å². The molecule has 0 N–H and O–H groups in total. The van der Waals surface area contributed by atoms with Crippen LogP contribution in [-0.2, 0) is 13.1 Å². The second-order valence-electron chi connectivity index (χ2n) is 6.66. The molecule has 3 heterocycles. The second-order valence-corrected chi connectivity index (χ2v) is 6.66. The molecule has 0 aliphatic carbocycles. The number of likely N-dealkylation sites (tertiary alicyclic amines) is 1. The number of ether oxygens (including phenoxy) is 1. The third kappa shape index (κ3) is 3.64. The van der Waals surface area contributed by atoms with Crippen LogP contribution in [0.15, 0.2) is 42.9 Å². The van der Waals surface area contributed by atoms with E-state index in [-0.39, 0.29) is 0 Å². The van der Waals surface area contributed by atoms with Crippen molar-refractivity contribution in [3.8, 4) is 6.01 Å². The van der Waals surface area contributed by atoms with Gasteiger partial charge in [0.05, 0.1) is 30.2 Å². The Balaban J connectivity index is 1.42. The highest BCUT2D eigenvalue weighted by Crippen LogP contribution is 2.22. The van der Waals surface area contributed by atoms with Crippen LogP contribution in [0.1, 0.15) is 18.5 Å². The highest BCUT2D eigenvalue weighted by Gasteiger charge is 2.21. The molecule has 0 bridgehead atoms. The van der Waals surface area contributed by atoms with Crippen LogP contribution in [0.25, 0.3) is 11.0 Å². The summed E-state index contributed by atoms with van der Waals surface area (Å²) in [6.45, 7) is 4.07. The summed E-state index contributed by atoms with van der Waals surface area (Å²) in [5.41, 5.74) is 3.31. The molecule has 1 aliphatic rings. The predicted octanol–water partition coefficient (Wildman–Crippen LogP) is 2.75. The summed E-state index contributed by atoms with van der Waals surface area (Å²) in [6, 6.07) is 10.7. The van der Waals surface area contributed by atoms with Crippen molar-refractivity contribution in [2.45, 2.75) is 25.9 Å². The first-order chi connectivity index (χ1) is 12.3. The van der Waals surface area contributed by atoms with E-state index in [2.05, 4.69) is 42.6 Å². The molecular weight excluding hydrogens is 314 g/mol. The number of methoxy groups -OCH3 is 1. The van der Waals surface area contributed by atoms with Crippen molar-refractivity contribution in [3.63, 3.8) is 0 Å². The molecule has 1 unspecified atom stereocenters. The third-order valence-corrected chi connectivity index (χ3v) is 4.84. The van der Waals surface area contributed by atoms with Crippen molar-refractivity contribution in [2.24, 2.45) is 5.92 Å². The predicted molar refractivity (Wildman–Crippen MR) is 96.3 cm³/mol. The lowest BCUT2D eigenvalue weighted by Crippen LogP contribution is -2.36. The van der Waals surface area contributed by atoms with E-state index in [0.717, 1.165) is 37.4 Å². The quantitative estimate of drug-likeness (QED) is 0.716. The first-order valence-corrected chi connectivity index (χ1v) is 8.80. The molecule has 6 nitrogen and oxygen atoms in total. The average Bonchev–Trinajstić information content (AvgIpc) is 3.05. The van der Waals surface area contributed by atoms with E-state index in [9.17, 15) is 0 Å². The monoisotopic (exact) mass is 337 g/mol. The van der Waals surface area contributed by atoms with Crippen molar-refractivity contribution < 1.29 is 4.74 Å². The number of para-hydroxylation sites is 2. The molecule has 1 fully saturated rings. The summed E-state index contributed by atoms with van der Waals surface area (Å²) < 4.78 is 7.41. The van der Waals surface area contributed by atoms with Crippen molar-refractivity contribution in [2.75, 3.05) is 20.2 Å². The molecule has 25 heavy (non-hydrogen) atoms. The van der Waals surface area contributed by atoms with Crippen LogP contribution in [0.3, 0.4) is 0 Å². The number of benzene rings is 1. The maximum absolute atomic E-state index is 5.13. The lowest BCUT2D eigenvalue weighted by Gasteiger charge is -2.32. The van der Waals surface area contributed by atoms with E-state index < -0.39 is 0 Å². The minimum absolute atomic E-state index is 0.441. The lowest BCUT2D eigenvalue weighted by molar-refractivity contribution is 0.155. The summed E-state index contributed by atoms with van der Waals surface area (Å²) in [5, 5.41) is 0. The molecule has 1 aliphatic heterocycles. The lowest BCUT2D eigenvalue weighted by atomic mass is 9.97. The van der Waals surface area contributed by atoms with Crippen LogP contribution < -0.4 is 4.74 Å². The maximum Gasteiger partial charge on any atom is 0.316 e. The molecule has 0 amide bonds. The van der Waals surface area contributed by atoms with E-state index in [1.165, 1.54) is 18.4 Å². The van der Waals surface area contributed by atoms with Gasteiger partial charge in [-0.2, -0.15) is 4.98 Å². The first kappa shape index (κ1) is 16.0. The fourth-order valence-corrected chi connectivity index (χ4v) is 3.67. The fourth-order valence-electron chi connectivity index (χ4n) is 3.67. The molecule has 0 saturated carbocycles. The van der Waals surface area contributed by atoms with Gasteiger partial charge in [-0.15, -0.1) is 0 Å². The molecule has 4 rings (SSSR count). The van der Waals surface area contributed by atoms with Crippen molar-refractivity contribution in [1.29, 1.82) is 0 Å². The van der Waals surface area contributed by atoms with Crippen LogP contribution >= 0.6 is 0 Å². The van der Waals surface area contributed by atoms with Gasteiger partial charge in [0.25, 0.3) is 0 Å². The number of imidazole rings is 1. The highest BCUT2D eigenvalue weighted by molar-refractivity contribution is 5.74. The largest absolute Gasteiger partial charge is 0.467 e. The number of piperidine rings is 1. The van der Waals surface area contributed by atoms with Crippen molar-refractivity contribution in [3.05, 3.63) is 48.5 Å². The average molecular weight is 337 g/mol. The first-order valence-electron chi connectivity index (χ1n) is 8.80. The number of nitrogens with zero attached hydrogens (tertiary/aromatic N) is 5. The van der Waals surface area contributed by atoms with E-state index in [1.54, 1.807) is 13.3 Å². The van der Waals surface area contributed by atoms with Crippen LogP contribution in [0.2, 0.25) is 0 Å². The summed E-state index contributed by atoms with van der Waals surface area (Å²) in [4.78, 5) is 15.5. The van der Waals surface area contributed by atoms with Gasteiger partial charge in [-0.05, 0) is 43.5 Å². The van der Waals surface area contributed by atoms with Crippen LogP contribution in [-0.4, -0.2) is 44.6 Å². The molecule has 1 saturated heterocycles. The van der Waals surface area contributed by atoms with Gasteiger partial charge in [-0.25, -0.2) is 9.97 Å². The Morgan fingerprint density at radius 1 is 1.20 bits per heavy atom. The maximum atomic E-state index is 5.13. The van der Waals surface area contributed by atoms with Gasteiger partial charge in [-0.3, -0.25) is 4.90 Å². The number of hydrogen-bond acceptors (Lipinski definition) is 5. The van der Waals surface area contributed by atoms with Gasteiger partial charge in [-0.1, -0.05) is 12.1 Å². The minimum Gasteiger partial charge on any atom is -0.467 e. The summed E-state index contributed by atoms with van der Waals surface area (Å²) in [6.07, 6.45) is 6.22. The zero-order chi connectivity index (χ0) is 17.1. The smallest absolute Gasteiger partial charge is 0.316 e. The van der Waals surface area contributed by atoms with E-state index >= 15 is 0 Å². The van der Waals surface area contributed by atoms with Crippen LogP contribution in [0.4, 0.5) is 0 Å². The molecule has 3 aromatic rings. The molecule has 1 aromatic carbocycles. The van der Waals surface area contributed by atoms with Crippen molar-refractivity contribution >= 4 is 11.0 Å². The molecular formula is C19H23N5O. The molecule has 130 valence electrons. The van der Waals surface area contributed by atoms with E-state index in [4.69, 9.17) is 4.74 Å². The standard InChI is InChI=1S/C19H23N5O/c1-25-19-20-9-8-16(22-19)13-23-10-4-5-15(11-23)12-24-14-21-17-6-2-3-7-18(17)24/h2-3,6-9,14-15H,4-5,10-13H2,1H3. The number of rotatable bonds is 5. The van der Waals surface area contributed by atoms with E-state index in [1.807, 2.05) is 18.5 Å². The number of aromatic nitrogens is 4. The Labute approximate surface area is 147 Å². The van der Waals surface area contributed by atoms with Gasteiger partial charge in [0, 0.05) is 25.8 Å². The fraction of sp³-hybridized carbons (Fsp3) is 0.421. The molecule has 0 radical (unpaired) electrons. The number of hydrogen-bond donors (Lipinski definition) is 0.